The highest BCUT2D eigenvalue weighted by molar-refractivity contribution is 7.99. The molecular formula is C18H25ClN2O3S2. The first kappa shape index (κ1) is 20.0. The van der Waals surface area contributed by atoms with Crippen molar-refractivity contribution < 1.29 is 13.2 Å². The number of carbonyl (C=O) groups is 1. The van der Waals surface area contributed by atoms with Gasteiger partial charge in [-0.1, -0.05) is 24.4 Å². The molecule has 0 aromatic heterocycles. The molecule has 2 fully saturated rings. The van der Waals surface area contributed by atoms with Crippen molar-refractivity contribution in [2.75, 3.05) is 18.8 Å². The van der Waals surface area contributed by atoms with Crippen LogP contribution < -0.4 is 5.32 Å². The third-order valence-corrected chi connectivity index (χ3v) is 8.54. The molecule has 1 heterocycles. The first-order chi connectivity index (χ1) is 12.5. The summed E-state index contributed by atoms with van der Waals surface area (Å²) >= 11 is 7.76. The van der Waals surface area contributed by atoms with E-state index in [1.165, 1.54) is 42.1 Å². The van der Waals surface area contributed by atoms with Gasteiger partial charge in [-0.25, -0.2) is 8.42 Å². The Morgan fingerprint density at radius 3 is 2.54 bits per heavy atom. The zero-order valence-corrected chi connectivity index (χ0v) is 17.1. The van der Waals surface area contributed by atoms with Crippen LogP contribution in [-0.4, -0.2) is 48.8 Å². The van der Waals surface area contributed by atoms with Crippen molar-refractivity contribution >= 4 is 39.3 Å². The molecular weight excluding hydrogens is 392 g/mol. The van der Waals surface area contributed by atoms with Gasteiger partial charge in [0.25, 0.3) is 0 Å². The van der Waals surface area contributed by atoms with Crippen LogP contribution in [0.1, 0.15) is 38.5 Å². The van der Waals surface area contributed by atoms with E-state index in [1.807, 2.05) is 11.8 Å². The summed E-state index contributed by atoms with van der Waals surface area (Å²) in [5.41, 5.74) is 0. The van der Waals surface area contributed by atoms with Crippen LogP contribution in [0.3, 0.4) is 0 Å². The van der Waals surface area contributed by atoms with Gasteiger partial charge < -0.3 is 5.32 Å². The summed E-state index contributed by atoms with van der Waals surface area (Å²) in [6.07, 6.45) is 6.42. The van der Waals surface area contributed by atoms with E-state index in [1.54, 1.807) is 12.1 Å². The molecule has 2 aliphatic rings. The zero-order valence-electron chi connectivity index (χ0n) is 14.7. The number of carbonyl (C=O) groups excluding carboxylic acids is 1. The number of benzene rings is 1. The van der Waals surface area contributed by atoms with Crippen LogP contribution in [0.4, 0.5) is 0 Å². The standard InChI is InChI=1S/C18H25ClN2O3S2/c19-14-7-9-16(10-8-14)26(23,24)21-12-3-6-17(21)18(22)20-11-13-25-15-4-1-2-5-15/h7-10,15,17H,1-6,11-13H2,(H,20,22)/t17-/m0/s1. The number of hydrogen-bond donors (Lipinski definition) is 1. The van der Waals surface area contributed by atoms with Gasteiger partial charge in [-0.15, -0.1) is 0 Å². The number of halogens is 1. The molecule has 1 N–H and O–H groups in total. The fourth-order valence-electron chi connectivity index (χ4n) is 3.60. The van der Waals surface area contributed by atoms with E-state index in [0.717, 1.165) is 11.0 Å². The highest BCUT2D eigenvalue weighted by atomic mass is 35.5. The SMILES string of the molecule is O=C(NCCSC1CCCC1)[C@@H]1CCCN1S(=O)(=O)c1ccc(Cl)cc1. The summed E-state index contributed by atoms with van der Waals surface area (Å²) in [5.74, 6) is 0.694. The monoisotopic (exact) mass is 416 g/mol. The third kappa shape index (κ3) is 4.74. The lowest BCUT2D eigenvalue weighted by Gasteiger charge is -2.23. The summed E-state index contributed by atoms with van der Waals surface area (Å²) in [7, 11) is -3.68. The summed E-state index contributed by atoms with van der Waals surface area (Å²) in [6, 6.07) is 5.47. The molecule has 1 aromatic rings. The Hall–Kier alpha value is -0.760. The minimum atomic E-state index is -3.68. The Morgan fingerprint density at radius 2 is 1.85 bits per heavy atom. The molecule has 0 spiro atoms. The van der Waals surface area contributed by atoms with E-state index in [2.05, 4.69) is 5.32 Å². The summed E-state index contributed by atoms with van der Waals surface area (Å²) in [5, 5.41) is 4.13. The van der Waals surface area contributed by atoms with Gasteiger partial charge in [0, 0.05) is 29.1 Å². The third-order valence-electron chi connectivity index (χ3n) is 4.98. The van der Waals surface area contributed by atoms with Gasteiger partial charge in [-0.05, 0) is 49.9 Å². The Labute approximate surface area is 164 Å². The molecule has 1 saturated carbocycles. The van der Waals surface area contributed by atoms with E-state index in [0.29, 0.717) is 31.0 Å². The number of thioether (sulfide) groups is 1. The van der Waals surface area contributed by atoms with Crippen LogP contribution in [0.25, 0.3) is 0 Å². The lowest BCUT2D eigenvalue weighted by Crippen LogP contribution is -2.46. The van der Waals surface area contributed by atoms with Crippen molar-refractivity contribution in [2.45, 2.75) is 54.7 Å². The highest BCUT2D eigenvalue weighted by Crippen LogP contribution is 2.29. The molecule has 1 amide bonds. The molecule has 0 radical (unpaired) electrons. The van der Waals surface area contributed by atoms with Crippen molar-refractivity contribution in [2.24, 2.45) is 0 Å². The summed E-state index contributed by atoms with van der Waals surface area (Å²) in [4.78, 5) is 12.7. The van der Waals surface area contributed by atoms with Crippen LogP contribution in [0, 0.1) is 0 Å². The quantitative estimate of drug-likeness (QED) is 0.692. The predicted octanol–water partition coefficient (Wildman–Crippen LogP) is 3.29. The van der Waals surface area contributed by atoms with Crippen LogP contribution in [0.2, 0.25) is 5.02 Å². The average Bonchev–Trinajstić information content (AvgIpc) is 3.30. The molecule has 0 bridgehead atoms. The second-order valence-corrected chi connectivity index (χ2v) is 10.5. The van der Waals surface area contributed by atoms with Crippen molar-refractivity contribution in [3.8, 4) is 0 Å². The fraction of sp³-hybridized carbons (Fsp3) is 0.611. The fourth-order valence-corrected chi connectivity index (χ4v) is 6.61. The van der Waals surface area contributed by atoms with Crippen LogP contribution in [0.15, 0.2) is 29.2 Å². The number of hydrogen-bond acceptors (Lipinski definition) is 4. The van der Waals surface area contributed by atoms with Gasteiger partial charge in [0.15, 0.2) is 0 Å². The lowest BCUT2D eigenvalue weighted by molar-refractivity contribution is -0.124. The maximum Gasteiger partial charge on any atom is 0.243 e. The molecule has 3 rings (SSSR count). The normalized spacial score (nSPS) is 22.0. The Kier molecular flexibility index (Phi) is 6.88. The first-order valence-electron chi connectivity index (χ1n) is 9.15. The molecule has 144 valence electrons. The van der Waals surface area contributed by atoms with E-state index in [-0.39, 0.29) is 10.8 Å². The van der Waals surface area contributed by atoms with Gasteiger partial charge in [-0.2, -0.15) is 16.1 Å². The molecule has 5 nitrogen and oxygen atoms in total. The van der Waals surface area contributed by atoms with Gasteiger partial charge in [-0.3, -0.25) is 4.79 Å². The number of sulfonamides is 1. The Morgan fingerprint density at radius 1 is 1.15 bits per heavy atom. The zero-order chi connectivity index (χ0) is 18.6. The summed E-state index contributed by atoms with van der Waals surface area (Å²) in [6.45, 7) is 0.963. The molecule has 0 unspecified atom stereocenters. The van der Waals surface area contributed by atoms with Gasteiger partial charge in [0.1, 0.15) is 6.04 Å². The Balaban J connectivity index is 1.56. The highest BCUT2D eigenvalue weighted by Gasteiger charge is 2.39. The van der Waals surface area contributed by atoms with E-state index in [4.69, 9.17) is 11.6 Å². The lowest BCUT2D eigenvalue weighted by atomic mass is 10.2. The van der Waals surface area contributed by atoms with Crippen LogP contribution in [0.5, 0.6) is 0 Å². The minimum Gasteiger partial charge on any atom is -0.354 e. The molecule has 8 heteroatoms. The predicted molar refractivity (Wildman–Crippen MR) is 106 cm³/mol. The van der Waals surface area contributed by atoms with Gasteiger partial charge in [0.05, 0.1) is 4.90 Å². The second kappa shape index (κ2) is 8.95. The van der Waals surface area contributed by atoms with E-state index in [9.17, 15) is 13.2 Å². The van der Waals surface area contributed by atoms with Crippen LogP contribution >= 0.6 is 23.4 Å². The van der Waals surface area contributed by atoms with E-state index >= 15 is 0 Å². The molecule has 1 aromatic carbocycles. The molecule has 1 aliphatic carbocycles. The van der Waals surface area contributed by atoms with Gasteiger partial charge >= 0.3 is 0 Å². The van der Waals surface area contributed by atoms with Crippen molar-refractivity contribution in [1.82, 2.24) is 9.62 Å². The topological polar surface area (TPSA) is 66.5 Å². The molecule has 1 atom stereocenters. The smallest absolute Gasteiger partial charge is 0.243 e. The molecule has 26 heavy (non-hydrogen) atoms. The first-order valence-corrected chi connectivity index (χ1v) is 12.0. The maximum absolute atomic E-state index is 12.9. The van der Waals surface area contributed by atoms with Gasteiger partial charge in [0.2, 0.25) is 15.9 Å². The average molecular weight is 417 g/mol. The maximum atomic E-state index is 12.9. The number of rotatable bonds is 7. The molecule has 1 saturated heterocycles. The molecule has 1 aliphatic heterocycles. The Bertz CT molecular complexity index is 718. The van der Waals surface area contributed by atoms with E-state index < -0.39 is 16.1 Å². The van der Waals surface area contributed by atoms with Crippen LogP contribution in [-0.2, 0) is 14.8 Å². The van der Waals surface area contributed by atoms with Crippen molar-refractivity contribution in [1.29, 1.82) is 0 Å². The minimum absolute atomic E-state index is 0.179. The second-order valence-electron chi connectivity index (χ2n) is 6.80. The largest absolute Gasteiger partial charge is 0.354 e. The summed E-state index contributed by atoms with van der Waals surface area (Å²) < 4.78 is 27.1. The number of nitrogens with one attached hydrogen (secondary N) is 1. The number of nitrogens with zero attached hydrogens (tertiary/aromatic N) is 1. The van der Waals surface area contributed by atoms with Crippen molar-refractivity contribution in [3.05, 3.63) is 29.3 Å². The van der Waals surface area contributed by atoms with Crippen molar-refractivity contribution in [3.63, 3.8) is 0 Å². The number of amides is 1.